The van der Waals surface area contributed by atoms with E-state index in [-0.39, 0.29) is 18.0 Å². The Morgan fingerprint density at radius 3 is 2.82 bits per heavy atom. The third kappa shape index (κ3) is 2.33. The number of hydrogen-bond donors (Lipinski definition) is 0. The molecule has 2 rings (SSSR count). The van der Waals surface area contributed by atoms with Gasteiger partial charge in [0.2, 0.25) is 0 Å². The van der Waals surface area contributed by atoms with Gasteiger partial charge < -0.3 is 0 Å². The Labute approximate surface area is 97.7 Å². The number of halogens is 2. The highest BCUT2D eigenvalue weighted by molar-refractivity contribution is 6.12. The summed E-state index contributed by atoms with van der Waals surface area (Å²) < 4.78 is 26.2. The third-order valence-corrected chi connectivity index (χ3v) is 2.51. The summed E-state index contributed by atoms with van der Waals surface area (Å²) in [6, 6.07) is 3.08. The zero-order valence-electron chi connectivity index (χ0n) is 9.41. The highest BCUT2D eigenvalue weighted by Crippen LogP contribution is 2.25. The van der Waals surface area contributed by atoms with Crippen LogP contribution in [0.4, 0.5) is 14.5 Å². The van der Waals surface area contributed by atoms with Crippen molar-refractivity contribution in [3.8, 4) is 0 Å². The van der Waals surface area contributed by atoms with Crippen LogP contribution in [0, 0.1) is 11.6 Å². The molecule has 5 heteroatoms. The Bertz CT molecular complexity index is 485. The van der Waals surface area contributed by atoms with Crippen molar-refractivity contribution in [2.24, 2.45) is 5.10 Å². The largest absolute Gasteiger partial charge is 0.272 e. The third-order valence-electron chi connectivity index (χ3n) is 2.51. The van der Waals surface area contributed by atoms with Crippen LogP contribution in [-0.4, -0.2) is 11.6 Å². The molecule has 1 amide bonds. The number of carbonyl (C=O) groups excluding carboxylic acids is 1. The van der Waals surface area contributed by atoms with Crippen molar-refractivity contribution < 1.29 is 13.6 Å². The second-order valence-electron chi connectivity index (χ2n) is 3.89. The van der Waals surface area contributed by atoms with Crippen LogP contribution in [0.3, 0.4) is 0 Å². The van der Waals surface area contributed by atoms with Gasteiger partial charge in [-0.15, -0.1) is 0 Å². The fourth-order valence-electron chi connectivity index (χ4n) is 1.75. The number of nitrogens with zero attached hydrogens (tertiary/aromatic N) is 2. The molecule has 0 saturated carbocycles. The van der Waals surface area contributed by atoms with Crippen molar-refractivity contribution >= 4 is 17.3 Å². The normalized spacial score (nSPS) is 15.4. The van der Waals surface area contributed by atoms with Crippen LogP contribution in [-0.2, 0) is 4.79 Å². The molecule has 1 aromatic carbocycles. The van der Waals surface area contributed by atoms with E-state index in [4.69, 9.17) is 0 Å². The van der Waals surface area contributed by atoms with E-state index in [0.29, 0.717) is 6.42 Å². The zero-order valence-corrected chi connectivity index (χ0v) is 9.41. The topological polar surface area (TPSA) is 32.7 Å². The number of carbonyl (C=O) groups is 1. The van der Waals surface area contributed by atoms with Crippen molar-refractivity contribution in [1.29, 1.82) is 0 Å². The van der Waals surface area contributed by atoms with Gasteiger partial charge in [-0.1, -0.05) is 13.3 Å². The second-order valence-corrected chi connectivity index (χ2v) is 3.89. The van der Waals surface area contributed by atoms with Crippen molar-refractivity contribution in [2.45, 2.75) is 26.2 Å². The summed E-state index contributed by atoms with van der Waals surface area (Å²) in [5.74, 6) is -1.73. The van der Waals surface area contributed by atoms with Gasteiger partial charge in [-0.25, -0.2) is 8.78 Å². The molecule has 0 aromatic heterocycles. The summed E-state index contributed by atoms with van der Waals surface area (Å²) in [6.45, 7) is 1.98. The Morgan fingerprint density at radius 1 is 1.41 bits per heavy atom. The number of anilines is 1. The van der Waals surface area contributed by atoms with E-state index >= 15 is 0 Å². The maximum Gasteiger partial charge on any atom is 0.253 e. The average molecular weight is 238 g/mol. The van der Waals surface area contributed by atoms with Gasteiger partial charge >= 0.3 is 0 Å². The lowest BCUT2D eigenvalue weighted by Crippen LogP contribution is -2.20. The number of rotatable bonds is 3. The van der Waals surface area contributed by atoms with E-state index in [2.05, 4.69) is 5.10 Å². The summed E-state index contributed by atoms with van der Waals surface area (Å²) in [4.78, 5) is 11.6. The molecule has 1 aliphatic rings. The van der Waals surface area contributed by atoms with Crippen LogP contribution >= 0.6 is 0 Å². The summed E-state index contributed by atoms with van der Waals surface area (Å²) in [6.07, 6.45) is 1.81. The Balaban J connectivity index is 2.30. The first-order valence-corrected chi connectivity index (χ1v) is 5.46. The van der Waals surface area contributed by atoms with E-state index in [9.17, 15) is 13.6 Å². The predicted molar refractivity (Wildman–Crippen MR) is 60.8 cm³/mol. The molecule has 1 aliphatic heterocycles. The minimum atomic E-state index is -0.778. The molecular formula is C12H12F2N2O. The van der Waals surface area contributed by atoms with E-state index < -0.39 is 11.6 Å². The molecule has 90 valence electrons. The summed E-state index contributed by atoms with van der Waals surface area (Å²) in [5, 5.41) is 5.07. The minimum Gasteiger partial charge on any atom is -0.272 e. The van der Waals surface area contributed by atoms with E-state index in [1.54, 1.807) is 0 Å². The lowest BCUT2D eigenvalue weighted by molar-refractivity contribution is -0.116. The molecule has 0 unspecified atom stereocenters. The molecule has 0 atom stereocenters. The standard InChI is InChI=1S/C12H12F2N2O/c1-2-3-9-7-12(17)16(15-9)11-5-4-8(13)6-10(11)14/h4-6H,2-3,7H2,1H3. The quantitative estimate of drug-likeness (QED) is 0.796. The number of hydrogen-bond acceptors (Lipinski definition) is 2. The number of hydrazone groups is 1. The van der Waals surface area contributed by atoms with Crippen LogP contribution in [0.15, 0.2) is 23.3 Å². The molecule has 0 fully saturated rings. The molecule has 0 bridgehead atoms. The first kappa shape index (κ1) is 11.7. The van der Waals surface area contributed by atoms with Gasteiger partial charge in [0.15, 0.2) is 5.82 Å². The van der Waals surface area contributed by atoms with Crippen LogP contribution in [0.25, 0.3) is 0 Å². The molecule has 0 spiro atoms. The van der Waals surface area contributed by atoms with Crippen molar-refractivity contribution in [3.05, 3.63) is 29.8 Å². The smallest absolute Gasteiger partial charge is 0.253 e. The van der Waals surface area contributed by atoms with E-state index in [0.717, 1.165) is 29.3 Å². The highest BCUT2D eigenvalue weighted by Gasteiger charge is 2.26. The molecule has 3 nitrogen and oxygen atoms in total. The van der Waals surface area contributed by atoms with Crippen molar-refractivity contribution in [1.82, 2.24) is 0 Å². The maximum atomic E-state index is 13.5. The van der Waals surface area contributed by atoms with Gasteiger partial charge in [0.1, 0.15) is 11.5 Å². The fourth-order valence-corrected chi connectivity index (χ4v) is 1.75. The summed E-state index contributed by atoms with van der Waals surface area (Å²) in [7, 11) is 0. The van der Waals surface area contributed by atoms with Crippen LogP contribution in [0.1, 0.15) is 26.2 Å². The molecule has 0 aliphatic carbocycles. The highest BCUT2D eigenvalue weighted by atomic mass is 19.1. The lowest BCUT2D eigenvalue weighted by atomic mass is 10.2. The molecule has 1 heterocycles. The molecule has 1 aromatic rings. The average Bonchev–Trinajstić information content (AvgIpc) is 2.60. The Hall–Kier alpha value is -1.78. The maximum absolute atomic E-state index is 13.5. The Morgan fingerprint density at radius 2 is 2.18 bits per heavy atom. The molecule has 0 N–H and O–H groups in total. The number of amides is 1. The molecule has 17 heavy (non-hydrogen) atoms. The van der Waals surface area contributed by atoms with Gasteiger partial charge in [-0.05, 0) is 18.6 Å². The second kappa shape index (κ2) is 4.61. The van der Waals surface area contributed by atoms with E-state index in [1.165, 1.54) is 6.07 Å². The summed E-state index contributed by atoms with van der Waals surface area (Å²) in [5.41, 5.74) is 0.740. The van der Waals surface area contributed by atoms with Gasteiger partial charge in [0.25, 0.3) is 5.91 Å². The molecule has 0 saturated heterocycles. The number of benzene rings is 1. The van der Waals surface area contributed by atoms with Gasteiger partial charge in [0.05, 0.1) is 6.42 Å². The van der Waals surface area contributed by atoms with Crippen molar-refractivity contribution in [2.75, 3.05) is 5.01 Å². The first-order valence-electron chi connectivity index (χ1n) is 5.46. The van der Waals surface area contributed by atoms with E-state index in [1.807, 2.05) is 6.92 Å². The van der Waals surface area contributed by atoms with Crippen LogP contribution < -0.4 is 5.01 Å². The molecule has 0 radical (unpaired) electrons. The van der Waals surface area contributed by atoms with Crippen LogP contribution in [0.2, 0.25) is 0 Å². The SMILES string of the molecule is CCCC1=NN(c2ccc(F)cc2F)C(=O)C1. The van der Waals surface area contributed by atoms with Gasteiger partial charge in [-0.2, -0.15) is 10.1 Å². The fraction of sp³-hybridized carbons (Fsp3) is 0.333. The van der Waals surface area contributed by atoms with Gasteiger partial charge in [-0.3, -0.25) is 4.79 Å². The predicted octanol–water partition coefficient (Wildman–Crippen LogP) is 2.86. The zero-order chi connectivity index (χ0) is 12.4. The van der Waals surface area contributed by atoms with Crippen LogP contribution in [0.5, 0.6) is 0 Å². The minimum absolute atomic E-state index is 0.00232. The monoisotopic (exact) mass is 238 g/mol. The molecular weight excluding hydrogens is 226 g/mol. The summed E-state index contributed by atoms with van der Waals surface area (Å²) >= 11 is 0. The Kier molecular flexibility index (Phi) is 3.17. The van der Waals surface area contributed by atoms with Crippen molar-refractivity contribution in [3.63, 3.8) is 0 Å². The lowest BCUT2D eigenvalue weighted by Gasteiger charge is -2.12. The van der Waals surface area contributed by atoms with Gasteiger partial charge in [0, 0.05) is 11.8 Å². The first-order chi connectivity index (χ1) is 8.11.